The van der Waals surface area contributed by atoms with Crippen LogP contribution in [0.15, 0.2) is 42.7 Å². The number of carbonyl (C=O) groups is 1. The molecule has 1 amide bonds. The summed E-state index contributed by atoms with van der Waals surface area (Å²) in [5, 5.41) is 2.40. The Morgan fingerprint density at radius 3 is 2.55 bits per heavy atom. The van der Waals surface area contributed by atoms with Gasteiger partial charge in [0.25, 0.3) is 0 Å². The van der Waals surface area contributed by atoms with E-state index in [1.54, 1.807) is 6.33 Å². The lowest BCUT2D eigenvalue weighted by Gasteiger charge is -2.35. The predicted molar refractivity (Wildman–Crippen MR) is 126 cm³/mol. The molecule has 2 aliphatic heterocycles. The smallest absolute Gasteiger partial charge is 0.230 e. The number of amides is 1. The standard InChI is InChI=1S/C24H24Cl2N4O/c25-18-5-7-22-17(13-18)3-1-2-10-30(22)24(31)16-8-11-29(12-9-16)23-20-6-4-19(26)14-21(20)27-15-28-23/h4-7,13-16H,1-3,8-12H2. The number of anilines is 2. The van der Waals surface area contributed by atoms with Crippen LogP contribution in [0.2, 0.25) is 10.0 Å². The number of hydrogen-bond donors (Lipinski definition) is 0. The Labute approximate surface area is 192 Å². The summed E-state index contributed by atoms with van der Waals surface area (Å²) in [5.74, 6) is 1.19. The van der Waals surface area contributed by atoms with Gasteiger partial charge in [0, 0.05) is 46.7 Å². The first-order chi connectivity index (χ1) is 15.1. The quantitative estimate of drug-likeness (QED) is 0.511. The maximum Gasteiger partial charge on any atom is 0.230 e. The van der Waals surface area contributed by atoms with Crippen LogP contribution in [0.4, 0.5) is 11.5 Å². The second-order valence-electron chi connectivity index (χ2n) is 8.34. The number of hydrogen-bond acceptors (Lipinski definition) is 4. The summed E-state index contributed by atoms with van der Waals surface area (Å²) in [6.07, 6.45) is 6.30. The summed E-state index contributed by atoms with van der Waals surface area (Å²) >= 11 is 12.3. The largest absolute Gasteiger partial charge is 0.356 e. The molecule has 0 aliphatic carbocycles. The van der Waals surface area contributed by atoms with Crippen LogP contribution in [0.25, 0.3) is 10.9 Å². The molecule has 31 heavy (non-hydrogen) atoms. The SMILES string of the molecule is O=C(C1CCN(c2ncnc3cc(Cl)ccc23)CC1)N1CCCCc2cc(Cl)ccc21. The molecule has 5 nitrogen and oxygen atoms in total. The van der Waals surface area contributed by atoms with Crippen molar-refractivity contribution in [3.05, 3.63) is 58.3 Å². The fraction of sp³-hybridized carbons (Fsp3) is 0.375. The van der Waals surface area contributed by atoms with Gasteiger partial charge in [-0.25, -0.2) is 9.97 Å². The van der Waals surface area contributed by atoms with E-state index in [4.69, 9.17) is 23.2 Å². The molecule has 0 radical (unpaired) electrons. The van der Waals surface area contributed by atoms with E-state index in [1.165, 1.54) is 5.56 Å². The van der Waals surface area contributed by atoms with Crippen molar-refractivity contribution in [2.45, 2.75) is 32.1 Å². The molecule has 0 bridgehead atoms. The molecule has 5 rings (SSSR count). The molecule has 0 N–H and O–H groups in total. The highest BCUT2D eigenvalue weighted by molar-refractivity contribution is 6.31. The number of benzene rings is 2. The van der Waals surface area contributed by atoms with Crippen LogP contribution in [0.3, 0.4) is 0 Å². The zero-order valence-electron chi connectivity index (χ0n) is 17.2. The fourth-order valence-electron chi connectivity index (χ4n) is 4.78. The monoisotopic (exact) mass is 454 g/mol. The average molecular weight is 455 g/mol. The molecule has 3 heterocycles. The Bertz CT molecular complexity index is 1130. The van der Waals surface area contributed by atoms with Gasteiger partial charge in [0.15, 0.2) is 0 Å². The molecule has 1 fully saturated rings. The van der Waals surface area contributed by atoms with E-state index in [9.17, 15) is 4.79 Å². The third kappa shape index (κ3) is 4.09. The van der Waals surface area contributed by atoms with Crippen LogP contribution in [0, 0.1) is 5.92 Å². The summed E-state index contributed by atoms with van der Waals surface area (Å²) < 4.78 is 0. The van der Waals surface area contributed by atoms with Crippen LogP contribution in [-0.4, -0.2) is 35.5 Å². The first kappa shape index (κ1) is 20.5. The zero-order valence-corrected chi connectivity index (χ0v) is 18.7. The lowest BCUT2D eigenvalue weighted by molar-refractivity contribution is -0.123. The van der Waals surface area contributed by atoms with Crippen LogP contribution in [0.1, 0.15) is 31.2 Å². The van der Waals surface area contributed by atoms with Gasteiger partial charge in [-0.2, -0.15) is 0 Å². The highest BCUT2D eigenvalue weighted by atomic mass is 35.5. The number of carbonyl (C=O) groups excluding carboxylic acids is 1. The molecule has 2 aliphatic rings. The van der Waals surface area contributed by atoms with Crippen molar-refractivity contribution in [3.8, 4) is 0 Å². The Morgan fingerprint density at radius 1 is 0.935 bits per heavy atom. The average Bonchev–Trinajstić information content (AvgIpc) is 3.00. The number of rotatable bonds is 2. The second-order valence-corrected chi connectivity index (χ2v) is 9.21. The number of nitrogens with zero attached hydrogens (tertiary/aromatic N) is 4. The molecule has 0 atom stereocenters. The van der Waals surface area contributed by atoms with E-state index < -0.39 is 0 Å². The third-order valence-electron chi connectivity index (χ3n) is 6.40. The summed E-state index contributed by atoms with van der Waals surface area (Å²) in [4.78, 5) is 26.6. The van der Waals surface area contributed by atoms with E-state index in [-0.39, 0.29) is 11.8 Å². The summed E-state index contributed by atoms with van der Waals surface area (Å²) in [6.45, 7) is 2.38. The summed E-state index contributed by atoms with van der Waals surface area (Å²) in [7, 11) is 0. The van der Waals surface area contributed by atoms with Gasteiger partial charge in [0.05, 0.1) is 5.52 Å². The van der Waals surface area contributed by atoms with Crippen molar-refractivity contribution in [3.63, 3.8) is 0 Å². The molecule has 160 valence electrons. The third-order valence-corrected chi connectivity index (χ3v) is 6.87. The Morgan fingerprint density at radius 2 is 1.71 bits per heavy atom. The number of fused-ring (bicyclic) bond motifs is 2. The molecule has 0 unspecified atom stereocenters. The second kappa shape index (κ2) is 8.64. The molecule has 1 saturated heterocycles. The summed E-state index contributed by atoms with van der Waals surface area (Å²) in [5.41, 5.74) is 3.06. The van der Waals surface area contributed by atoms with Crippen LogP contribution in [0.5, 0.6) is 0 Å². The fourth-order valence-corrected chi connectivity index (χ4v) is 5.14. The van der Waals surface area contributed by atoms with E-state index in [2.05, 4.69) is 14.9 Å². The van der Waals surface area contributed by atoms with E-state index >= 15 is 0 Å². The van der Waals surface area contributed by atoms with Gasteiger partial charge in [-0.05, 0) is 74.1 Å². The van der Waals surface area contributed by atoms with Gasteiger partial charge < -0.3 is 9.80 Å². The minimum atomic E-state index is 0.0282. The van der Waals surface area contributed by atoms with Gasteiger partial charge in [-0.1, -0.05) is 23.2 Å². The molecule has 7 heteroatoms. The normalized spacial score (nSPS) is 17.5. The van der Waals surface area contributed by atoms with Gasteiger partial charge in [0.2, 0.25) is 5.91 Å². The first-order valence-corrected chi connectivity index (χ1v) is 11.6. The molecular formula is C24H24Cl2N4O. The predicted octanol–water partition coefficient (Wildman–Crippen LogP) is 5.52. The molecule has 0 spiro atoms. The lowest BCUT2D eigenvalue weighted by atomic mass is 9.94. The van der Waals surface area contributed by atoms with E-state index in [1.807, 2.05) is 41.3 Å². The van der Waals surface area contributed by atoms with Crippen molar-refractivity contribution < 1.29 is 4.79 Å². The van der Waals surface area contributed by atoms with Crippen molar-refractivity contribution in [1.29, 1.82) is 0 Å². The van der Waals surface area contributed by atoms with Crippen molar-refractivity contribution in [2.24, 2.45) is 5.92 Å². The van der Waals surface area contributed by atoms with Gasteiger partial charge in [0.1, 0.15) is 12.1 Å². The van der Waals surface area contributed by atoms with Crippen molar-refractivity contribution in [1.82, 2.24) is 9.97 Å². The topological polar surface area (TPSA) is 49.3 Å². The maximum atomic E-state index is 13.5. The van der Waals surface area contributed by atoms with Crippen LogP contribution < -0.4 is 9.80 Å². The molecule has 3 aromatic rings. The number of aryl methyl sites for hydroxylation is 1. The molecule has 0 saturated carbocycles. The minimum absolute atomic E-state index is 0.0282. The molecule has 1 aromatic heterocycles. The van der Waals surface area contributed by atoms with Crippen molar-refractivity contribution >= 4 is 51.5 Å². The first-order valence-electron chi connectivity index (χ1n) is 10.8. The molecular weight excluding hydrogens is 431 g/mol. The summed E-state index contributed by atoms with van der Waals surface area (Å²) in [6, 6.07) is 11.6. The van der Waals surface area contributed by atoms with Gasteiger partial charge >= 0.3 is 0 Å². The maximum absolute atomic E-state index is 13.5. The minimum Gasteiger partial charge on any atom is -0.356 e. The number of halogens is 2. The Balaban J connectivity index is 1.33. The Kier molecular flexibility index (Phi) is 5.72. The van der Waals surface area contributed by atoms with Crippen LogP contribution >= 0.6 is 23.2 Å². The zero-order chi connectivity index (χ0) is 21.4. The number of piperidine rings is 1. The van der Waals surface area contributed by atoms with Gasteiger partial charge in [-0.3, -0.25) is 4.79 Å². The Hall–Kier alpha value is -2.37. The lowest BCUT2D eigenvalue weighted by Crippen LogP contribution is -2.43. The number of aromatic nitrogens is 2. The van der Waals surface area contributed by atoms with E-state index in [0.717, 1.165) is 79.2 Å². The van der Waals surface area contributed by atoms with E-state index in [0.29, 0.717) is 5.02 Å². The highest BCUT2D eigenvalue weighted by Crippen LogP contribution is 2.33. The van der Waals surface area contributed by atoms with Crippen molar-refractivity contribution in [2.75, 3.05) is 29.4 Å². The van der Waals surface area contributed by atoms with Crippen LogP contribution in [-0.2, 0) is 11.2 Å². The van der Waals surface area contributed by atoms with Gasteiger partial charge in [-0.15, -0.1) is 0 Å². The molecule has 2 aromatic carbocycles. The highest BCUT2D eigenvalue weighted by Gasteiger charge is 2.31.